The van der Waals surface area contributed by atoms with E-state index < -0.39 is 0 Å². The van der Waals surface area contributed by atoms with Gasteiger partial charge in [0.15, 0.2) is 5.96 Å². The lowest BCUT2D eigenvalue weighted by molar-refractivity contribution is 0.0954. The molecule has 1 aromatic carbocycles. The molecule has 5 heteroatoms. The Morgan fingerprint density at radius 3 is 2.65 bits per heavy atom. The molecule has 0 radical (unpaired) electrons. The maximum atomic E-state index is 12.1. The van der Waals surface area contributed by atoms with Crippen LogP contribution >= 0.6 is 0 Å². The van der Waals surface area contributed by atoms with E-state index in [2.05, 4.69) is 34.4 Å². The molecule has 5 nitrogen and oxygen atoms in total. The zero-order valence-corrected chi connectivity index (χ0v) is 14.6. The van der Waals surface area contributed by atoms with Gasteiger partial charge in [0.25, 0.3) is 5.91 Å². The van der Waals surface area contributed by atoms with Crippen LogP contribution in [0.25, 0.3) is 0 Å². The largest absolute Gasteiger partial charge is 0.354 e. The van der Waals surface area contributed by atoms with Crippen LogP contribution in [0, 0.1) is 12.3 Å². The molecule has 0 bridgehead atoms. The molecule has 23 heavy (non-hydrogen) atoms. The maximum Gasteiger partial charge on any atom is 0.251 e. The minimum absolute atomic E-state index is 0.0345. The normalized spacial score (nSPS) is 17.2. The highest BCUT2D eigenvalue weighted by molar-refractivity contribution is 5.94. The van der Waals surface area contributed by atoms with Gasteiger partial charge in [0.1, 0.15) is 0 Å². The predicted octanol–water partition coefficient (Wildman–Crippen LogP) is 2.03. The summed E-state index contributed by atoms with van der Waals surface area (Å²) in [6.45, 7) is 9.83. The summed E-state index contributed by atoms with van der Waals surface area (Å²) < 4.78 is 0. The van der Waals surface area contributed by atoms with Crippen LogP contribution in [0.2, 0.25) is 0 Å². The van der Waals surface area contributed by atoms with E-state index in [1.54, 1.807) is 7.05 Å². The van der Waals surface area contributed by atoms with Crippen molar-refractivity contribution in [2.24, 2.45) is 10.4 Å². The van der Waals surface area contributed by atoms with Crippen molar-refractivity contribution in [1.29, 1.82) is 0 Å². The van der Waals surface area contributed by atoms with Gasteiger partial charge in [-0.2, -0.15) is 0 Å². The molecule has 1 aromatic rings. The molecule has 0 saturated carbocycles. The lowest BCUT2D eigenvalue weighted by Crippen LogP contribution is -2.43. The lowest BCUT2D eigenvalue weighted by Gasteiger charge is -2.23. The summed E-state index contributed by atoms with van der Waals surface area (Å²) in [6.07, 6.45) is 1.18. The van der Waals surface area contributed by atoms with Gasteiger partial charge in [-0.3, -0.25) is 9.79 Å². The second kappa shape index (κ2) is 7.49. The summed E-state index contributed by atoms with van der Waals surface area (Å²) >= 11 is 0. The fourth-order valence-electron chi connectivity index (χ4n) is 2.86. The molecule has 0 spiro atoms. The zero-order chi connectivity index (χ0) is 16.9. The Morgan fingerprint density at radius 1 is 1.30 bits per heavy atom. The van der Waals surface area contributed by atoms with Gasteiger partial charge in [0, 0.05) is 38.8 Å². The summed E-state index contributed by atoms with van der Waals surface area (Å²) in [5.41, 5.74) is 2.14. The van der Waals surface area contributed by atoms with Crippen LogP contribution in [0.5, 0.6) is 0 Å². The molecule has 2 rings (SSSR count). The van der Waals surface area contributed by atoms with Crippen LogP contribution in [0.15, 0.2) is 29.3 Å². The van der Waals surface area contributed by atoms with Gasteiger partial charge in [-0.05, 0) is 30.9 Å². The molecule has 2 N–H and O–H groups in total. The minimum atomic E-state index is -0.0345. The smallest absolute Gasteiger partial charge is 0.251 e. The van der Waals surface area contributed by atoms with E-state index in [1.165, 1.54) is 6.42 Å². The van der Waals surface area contributed by atoms with Crippen molar-refractivity contribution >= 4 is 11.9 Å². The van der Waals surface area contributed by atoms with E-state index in [-0.39, 0.29) is 5.91 Å². The van der Waals surface area contributed by atoms with Crippen molar-refractivity contribution in [3.05, 3.63) is 35.4 Å². The molecule has 0 aromatic heterocycles. The second-order valence-electron chi connectivity index (χ2n) is 6.94. The van der Waals surface area contributed by atoms with Gasteiger partial charge in [-0.15, -0.1) is 0 Å². The molecule has 1 fully saturated rings. The Morgan fingerprint density at radius 2 is 2.04 bits per heavy atom. The van der Waals surface area contributed by atoms with Gasteiger partial charge in [-0.1, -0.05) is 31.5 Å². The molecular weight excluding hydrogens is 288 g/mol. The van der Waals surface area contributed by atoms with Crippen molar-refractivity contribution in [3.8, 4) is 0 Å². The molecule has 1 aliphatic heterocycles. The van der Waals surface area contributed by atoms with Crippen molar-refractivity contribution in [2.75, 3.05) is 33.2 Å². The first-order chi connectivity index (χ1) is 10.9. The lowest BCUT2D eigenvalue weighted by atomic mass is 9.93. The van der Waals surface area contributed by atoms with E-state index >= 15 is 0 Å². The van der Waals surface area contributed by atoms with Crippen molar-refractivity contribution in [2.45, 2.75) is 27.2 Å². The molecule has 1 aliphatic rings. The van der Waals surface area contributed by atoms with Crippen LogP contribution in [-0.4, -0.2) is 50.0 Å². The number of rotatable bonds is 4. The summed E-state index contributed by atoms with van der Waals surface area (Å²) in [6, 6.07) is 7.62. The Labute approximate surface area is 139 Å². The highest BCUT2D eigenvalue weighted by atomic mass is 16.1. The first kappa shape index (κ1) is 17.3. The van der Waals surface area contributed by atoms with E-state index in [1.807, 2.05) is 31.2 Å². The number of carbonyl (C=O) groups excluding carboxylic acids is 1. The number of amides is 1. The first-order valence-electron chi connectivity index (χ1n) is 8.22. The SMILES string of the molecule is CN=C(NCCNC(=O)c1cccc(C)c1)N1CCC(C)(C)C1. The quantitative estimate of drug-likeness (QED) is 0.508. The average molecular weight is 316 g/mol. The second-order valence-corrected chi connectivity index (χ2v) is 6.94. The summed E-state index contributed by atoms with van der Waals surface area (Å²) in [5.74, 6) is 0.883. The monoisotopic (exact) mass is 316 g/mol. The third kappa shape index (κ3) is 4.98. The van der Waals surface area contributed by atoms with Crippen molar-refractivity contribution in [3.63, 3.8) is 0 Å². The van der Waals surface area contributed by atoms with Gasteiger partial charge in [0.2, 0.25) is 0 Å². The van der Waals surface area contributed by atoms with E-state index in [9.17, 15) is 4.79 Å². The van der Waals surface area contributed by atoms with Crippen LogP contribution in [0.3, 0.4) is 0 Å². The Hall–Kier alpha value is -2.04. The van der Waals surface area contributed by atoms with Gasteiger partial charge in [-0.25, -0.2) is 0 Å². The van der Waals surface area contributed by atoms with Gasteiger partial charge < -0.3 is 15.5 Å². The predicted molar refractivity (Wildman–Crippen MR) is 94.8 cm³/mol. The topological polar surface area (TPSA) is 56.7 Å². The summed E-state index contributed by atoms with van der Waals surface area (Å²) in [4.78, 5) is 18.7. The van der Waals surface area contributed by atoms with E-state index in [4.69, 9.17) is 0 Å². The highest BCUT2D eigenvalue weighted by Gasteiger charge is 2.30. The number of hydrogen-bond acceptors (Lipinski definition) is 2. The van der Waals surface area contributed by atoms with E-state index in [0.29, 0.717) is 24.1 Å². The number of aliphatic imine (C=N–C) groups is 1. The number of nitrogens with one attached hydrogen (secondary N) is 2. The molecule has 0 atom stereocenters. The fourth-order valence-corrected chi connectivity index (χ4v) is 2.86. The molecule has 126 valence electrons. The first-order valence-corrected chi connectivity index (χ1v) is 8.22. The Kier molecular flexibility index (Phi) is 5.64. The number of carbonyl (C=O) groups is 1. The average Bonchev–Trinajstić information content (AvgIpc) is 2.87. The highest BCUT2D eigenvalue weighted by Crippen LogP contribution is 2.28. The number of likely N-dealkylation sites (tertiary alicyclic amines) is 1. The van der Waals surface area contributed by atoms with Crippen LogP contribution in [0.4, 0.5) is 0 Å². The molecule has 0 aliphatic carbocycles. The third-order valence-corrected chi connectivity index (χ3v) is 4.16. The molecule has 0 unspecified atom stereocenters. The van der Waals surface area contributed by atoms with Crippen molar-refractivity contribution in [1.82, 2.24) is 15.5 Å². The summed E-state index contributed by atoms with van der Waals surface area (Å²) in [7, 11) is 1.80. The van der Waals surface area contributed by atoms with Crippen molar-refractivity contribution < 1.29 is 4.79 Å². The van der Waals surface area contributed by atoms with Gasteiger partial charge in [0.05, 0.1) is 0 Å². The van der Waals surface area contributed by atoms with Crippen LogP contribution in [-0.2, 0) is 0 Å². The molecule has 1 saturated heterocycles. The Balaban J connectivity index is 1.75. The minimum Gasteiger partial charge on any atom is -0.354 e. The number of nitrogens with zero attached hydrogens (tertiary/aromatic N) is 2. The molecule has 1 amide bonds. The van der Waals surface area contributed by atoms with Gasteiger partial charge >= 0.3 is 0 Å². The zero-order valence-electron chi connectivity index (χ0n) is 14.6. The van der Waals surface area contributed by atoms with E-state index in [0.717, 1.165) is 24.6 Å². The number of aryl methyl sites for hydroxylation is 1. The van der Waals surface area contributed by atoms with Crippen LogP contribution < -0.4 is 10.6 Å². The Bertz CT molecular complexity index is 580. The summed E-state index contributed by atoms with van der Waals surface area (Å²) in [5, 5.41) is 6.27. The number of guanidine groups is 1. The molecule has 1 heterocycles. The maximum absolute atomic E-state index is 12.1. The number of hydrogen-bond donors (Lipinski definition) is 2. The standard InChI is InChI=1S/C18H28N4O/c1-14-6-5-7-15(12-14)16(23)20-9-10-21-17(19-4)22-11-8-18(2,3)13-22/h5-7,12H,8-11,13H2,1-4H3,(H,19,21)(H,20,23). The molecular formula is C18H28N4O. The van der Waals surface area contributed by atoms with Crippen LogP contribution in [0.1, 0.15) is 36.2 Å². The third-order valence-electron chi connectivity index (χ3n) is 4.16. The fraction of sp³-hybridized carbons (Fsp3) is 0.556. The number of benzene rings is 1.